The van der Waals surface area contributed by atoms with E-state index < -0.39 is 5.41 Å². The summed E-state index contributed by atoms with van der Waals surface area (Å²) in [6.45, 7) is 5.70. The fraction of sp³-hybridized carbons (Fsp3) is 0.800. The molecular weight excluding hydrogens is 178 g/mol. The molecule has 1 atom stereocenters. The summed E-state index contributed by atoms with van der Waals surface area (Å²) < 4.78 is 0. The molecule has 1 unspecified atom stereocenters. The molecule has 0 radical (unpaired) electrons. The Morgan fingerprint density at radius 2 is 2.36 bits per heavy atom. The van der Waals surface area contributed by atoms with Crippen molar-refractivity contribution in [2.75, 3.05) is 13.1 Å². The average molecular weight is 195 g/mol. The van der Waals surface area contributed by atoms with Gasteiger partial charge in [0.25, 0.3) is 0 Å². The Bertz CT molecular complexity index is 249. The summed E-state index contributed by atoms with van der Waals surface area (Å²) >= 11 is 0. The maximum atomic E-state index is 11.6. The fourth-order valence-corrected chi connectivity index (χ4v) is 1.87. The lowest BCUT2D eigenvalue weighted by atomic mass is 9.74. The van der Waals surface area contributed by atoms with E-state index in [1.54, 1.807) is 6.19 Å². The van der Waals surface area contributed by atoms with E-state index in [4.69, 9.17) is 5.26 Å². The van der Waals surface area contributed by atoms with Crippen LogP contribution in [0.5, 0.6) is 0 Å². The van der Waals surface area contributed by atoms with E-state index in [1.165, 1.54) is 0 Å². The molecule has 1 saturated heterocycles. The summed E-state index contributed by atoms with van der Waals surface area (Å²) in [5.41, 5.74) is -0.455. The van der Waals surface area contributed by atoms with E-state index in [-0.39, 0.29) is 5.91 Å². The molecular formula is C10H17N3O. The van der Waals surface area contributed by atoms with Crippen LogP contribution in [0.4, 0.5) is 0 Å². The van der Waals surface area contributed by atoms with Crippen LogP contribution in [0.15, 0.2) is 0 Å². The smallest absolute Gasteiger partial charge is 0.238 e. The van der Waals surface area contributed by atoms with Gasteiger partial charge in [0.05, 0.1) is 0 Å². The van der Waals surface area contributed by atoms with Crippen molar-refractivity contribution in [2.45, 2.75) is 26.7 Å². The summed E-state index contributed by atoms with van der Waals surface area (Å²) in [6.07, 6.45) is 3.85. The Balaban J connectivity index is 2.62. The Morgan fingerprint density at radius 3 is 2.86 bits per heavy atom. The van der Waals surface area contributed by atoms with Gasteiger partial charge in [-0.25, -0.2) is 0 Å². The molecule has 1 aliphatic heterocycles. The van der Waals surface area contributed by atoms with Crippen molar-refractivity contribution in [1.29, 1.82) is 5.26 Å². The number of piperidine rings is 1. The lowest BCUT2D eigenvalue weighted by Crippen LogP contribution is -2.46. The van der Waals surface area contributed by atoms with Crippen LogP contribution < -0.4 is 10.6 Å². The van der Waals surface area contributed by atoms with Crippen LogP contribution in [0, 0.1) is 22.8 Å². The first-order valence-electron chi connectivity index (χ1n) is 4.99. The van der Waals surface area contributed by atoms with Gasteiger partial charge in [-0.1, -0.05) is 13.8 Å². The van der Waals surface area contributed by atoms with Crippen LogP contribution in [0.1, 0.15) is 26.7 Å². The summed E-state index contributed by atoms with van der Waals surface area (Å²) in [5.74, 6) is 0.151. The Labute approximate surface area is 84.7 Å². The molecule has 0 aromatic rings. The van der Waals surface area contributed by atoms with Crippen LogP contribution in [-0.2, 0) is 4.79 Å². The minimum Gasteiger partial charge on any atom is -0.316 e. The zero-order valence-electron chi connectivity index (χ0n) is 8.76. The van der Waals surface area contributed by atoms with Gasteiger partial charge in [0.1, 0.15) is 0 Å². The molecule has 0 spiro atoms. The highest BCUT2D eigenvalue weighted by Crippen LogP contribution is 2.31. The van der Waals surface area contributed by atoms with Crippen molar-refractivity contribution in [2.24, 2.45) is 11.3 Å². The van der Waals surface area contributed by atoms with Crippen molar-refractivity contribution in [3.05, 3.63) is 0 Å². The number of carbonyl (C=O) groups is 1. The number of nitriles is 1. The number of nitrogens with zero attached hydrogens (tertiary/aromatic N) is 1. The van der Waals surface area contributed by atoms with Crippen LogP contribution in [0.25, 0.3) is 0 Å². The molecule has 0 aromatic heterocycles. The Kier molecular flexibility index (Phi) is 3.48. The molecule has 0 bridgehead atoms. The number of hydrogen-bond acceptors (Lipinski definition) is 3. The molecule has 1 heterocycles. The first-order valence-corrected chi connectivity index (χ1v) is 4.99. The van der Waals surface area contributed by atoms with Gasteiger partial charge < -0.3 is 5.32 Å². The van der Waals surface area contributed by atoms with Crippen molar-refractivity contribution < 1.29 is 4.79 Å². The van der Waals surface area contributed by atoms with E-state index in [9.17, 15) is 4.79 Å². The van der Waals surface area contributed by atoms with Gasteiger partial charge in [-0.15, -0.1) is 0 Å². The van der Waals surface area contributed by atoms with Gasteiger partial charge >= 0.3 is 0 Å². The molecule has 0 saturated carbocycles. The van der Waals surface area contributed by atoms with Gasteiger partial charge in [-0.3, -0.25) is 10.1 Å². The molecule has 4 heteroatoms. The Morgan fingerprint density at radius 1 is 1.64 bits per heavy atom. The summed E-state index contributed by atoms with van der Waals surface area (Å²) in [6, 6.07) is 0. The normalized spacial score (nSPS) is 22.5. The first-order chi connectivity index (χ1) is 6.59. The van der Waals surface area contributed by atoms with Crippen molar-refractivity contribution in [3.63, 3.8) is 0 Å². The van der Waals surface area contributed by atoms with Crippen LogP contribution >= 0.6 is 0 Å². The molecule has 1 aliphatic rings. The molecule has 1 rings (SSSR count). The molecule has 1 amide bonds. The van der Waals surface area contributed by atoms with E-state index in [0.29, 0.717) is 5.92 Å². The second kappa shape index (κ2) is 4.43. The van der Waals surface area contributed by atoms with Crippen molar-refractivity contribution >= 4 is 5.91 Å². The standard InChI is InChI=1S/C10H17N3O/c1-10(2,9(14)13-7-11)8-4-3-5-12-6-8/h8,12H,3-6H2,1-2H3,(H,13,14). The maximum Gasteiger partial charge on any atom is 0.238 e. The monoisotopic (exact) mass is 195 g/mol. The van der Waals surface area contributed by atoms with E-state index >= 15 is 0 Å². The maximum absolute atomic E-state index is 11.6. The SMILES string of the molecule is CC(C)(C(=O)NC#N)C1CCCNC1. The molecule has 2 N–H and O–H groups in total. The average Bonchev–Trinajstić information content (AvgIpc) is 2.19. The highest BCUT2D eigenvalue weighted by Gasteiger charge is 2.37. The topological polar surface area (TPSA) is 64.9 Å². The van der Waals surface area contributed by atoms with Gasteiger partial charge in [-0.2, -0.15) is 5.26 Å². The number of carbonyl (C=O) groups excluding carboxylic acids is 1. The molecule has 4 nitrogen and oxygen atoms in total. The van der Waals surface area contributed by atoms with E-state index in [2.05, 4.69) is 10.6 Å². The summed E-state index contributed by atoms with van der Waals surface area (Å²) in [5, 5.41) is 13.9. The highest BCUT2D eigenvalue weighted by molar-refractivity contribution is 5.83. The first kappa shape index (κ1) is 11.0. The number of rotatable bonds is 2. The lowest BCUT2D eigenvalue weighted by Gasteiger charge is -2.35. The third kappa shape index (κ3) is 2.24. The van der Waals surface area contributed by atoms with Gasteiger partial charge in [0.2, 0.25) is 5.91 Å². The predicted octanol–water partition coefficient (Wildman–Crippen LogP) is 0.609. The van der Waals surface area contributed by atoms with Gasteiger partial charge in [0, 0.05) is 5.41 Å². The minimum absolute atomic E-state index is 0.172. The fourth-order valence-electron chi connectivity index (χ4n) is 1.87. The Hall–Kier alpha value is -1.08. The third-order valence-electron chi connectivity index (χ3n) is 3.07. The van der Waals surface area contributed by atoms with Crippen LogP contribution in [0.2, 0.25) is 0 Å². The van der Waals surface area contributed by atoms with Crippen molar-refractivity contribution in [1.82, 2.24) is 10.6 Å². The third-order valence-corrected chi connectivity index (χ3v) is 3.07. The molecule has 0 aromatic carbocycles. The number of hydrogen-bond donors (Lipinski definition) is 2. The summed E-state index contributed by atoms with van der Waals surface area (Å²) in [4.78, 5) is 11.6. The largest absolute Gasteiger partial charge is 0.316 e. The minimum atomic E-state index is -0.455. The molecule has 0 aliphatic carbocycles. The molecule has 1 fully saturated rings. The second-order valence-corrected chi connectivity index (χ2v) is 4.33. The highest BCUT2D eigenvalue weighted by atomic mass is 16.2. The zero-order chi connectivity index (χ0) is 10.6. The summed E-state index contributed by atoms with van der Waals surface area (Å²) in [7, 11) is 0. The lowest BCUT2D eigenvalue weighted by molar-refractivity contribution is -0.131. The molecule has 78 valence electrons. The van der Waals surface area contributed by atoms with Crippen LogP contribution in [0.3, 0.4) is 0 Å². The quantitative estimate of drug-likeness (QED) is 0.501. The van der Waals surface area contributed by atoms with Crippen LogP contribution in [-0.4, -0.2) is 19.0 Å². The van der Waals surface area contributed by atoms with E-state index in [0.717, 1.165) is 25.9 Å². The number of amides is 1. The number of nitrogens with one attached hydrogen (secondary N) is 2. The van der Waals surface area contributed by atoms with Gasteiger partial charge in [0.15, 0.2) is 6.19 Å². The molecule has 14 heavy (non-hydrogen) atoms. The van der Waals surface area contributed by atoms with Crippen molar-refractivity contribution in [3.8, 4) is 6.19 Å². The zero-order valence-corrected chi connectivity index (χ0v) is 8.76. The second-order valence-electron chi connectivity index (χ2n) is 4.33. The predicted molar refractivity (Wildman–Crippen MR) is 53.1 cm³/mol. The van der Waals surface area contributed by atoms with Gasteiger partial charge in [-0.05, 0) is 31.8 Å². The van der Waals surface area contributed by atoms with E-state index in [1.807, 2.05) is 13.8 Å².